The molecule has 4 rings (SSSR count). The number of carbonyl (C=O) groups excluding carboxylic acids is 1. The third-order valence-corrected chi connectivity index (χ3v) is 4.18. The number of methoxy groups -OCH3 is 1. The van der Waals surface area contributed by atoms with Gasteiger partial charge in [0.25, 0.3) is 5.91 Å². The monoisotopic (exact) mass is 296 g/mol. The summed E-state index contributed by atoms with van der Waals surface area (Å²) >= 11 is 0. The third-order valence-electron chi connectivity index (χ3n) is 4.18. The lowest BCUT2D eigenvalue weighted by Crippen LogP contribution is -2.35. The standard InChI is InChI=1S/C17H16N2O3/c1-21-11-4-5-14-13(9-11)12-7-10(8-15(12)19-14)18-17(20)16-3-2-6-22-16/h2-6,9-10,19H,7-8H2,1H3,(H,18,20). The number of amides is 1. The highest BCUT2D eigenvalue weighted by atomic mass is 16.5. The van der Waals surface area contributed by atoms with E-state index in [9.17, 15) is 4.79 Å². The number of benzene rings is 1. The molecule has 0 spiro atoms. The molecule has 0 bridgehead atoms. The van der Waals surface area contributed by atoms with Gasteiger partial charge in [-0.05, 0) is 42.3 Å². The van der Waals surface area contributed by atoms with Crippen LogP contribution >= 0.6 is 0 Å². The number of carbonyl (C=O) groups is 1. The summed E-state index contributed by atoms with van der Waals surface area (Å²) in [5, 5.41) is 4.19. The van der Waals surface area contributed by atoms with Gasteiger partial charge in [-0.25, -0.2) is 0 Å². The number of rotatable bonds is 3. The van der Waals surface area contributed by atoms with Crippen LogP contribution in [0.5, 0.6) is 5.75 Å². The van der Waals surface area contributed by atoms with Gasteiger partial charge in [0.15, 0.2) is 5.76 Å². The van der Waals surface area contributed by atoms with Crippen LogP contribution in [0.15, 0.2) is 41.0 Å². The maximum Gasteiger partial charge on any atom is 0.287 e. The minimum atomic E-state index is -0.165. The average Bonchev–Trinajstić information content (AvgIpc) is 3.22. The van der Waals surface area contributed by atoms with Crippen molar-refractivity contribution < 1.29 is 13.9 Å². The van der Waals surface area contributed by atoms with Crippen LogP contribution < -0.4 is 10.1 Å². The van der Waals surface area contributed by atoms with Crippen LogP contribution in [0.2, 0.25) is 0 Å². The van der Waals surface area contributed by atoms with E-state index in [4.69, 9.17) is 9.15 Å². The van der Waals surface area contributed by atoms with Crippen LogP contribution in [0, 0.1) is 0 Å². The summed E-state index contributed by atoms with van der Waals surface area (Å²) in [7, 11) is 1.67. The number of fused-ring (bicyclic) bond motifs is 3. The van der Waals surface area contributed by atoms with Crippen molar-refractivity contribution in [1.82, 2.24) is 10.3 Å². The first-order valence-electron chi connectivity index (χ1n) is 7.26. The van der Waals surface area contributed by atoms with E-state index in [0.717, 1.165) is 24.1 Å². The Labute approximate surface area is 127 Å². The van der Waals surface area contributed by atoms with Crippen molar-refractivity contribution in [3.05, 3.63) is 53.6 Å². The molecule has 0 radical (unpaired) electrons. The molecule has 1 amide bonds. The van der Waals surface area contributed by atoms with E-state index in [-0.39, 0.29) is 11.9 Å². The average molecular weight is 296 g/mol. The lowest BCUT2D eigenvalue weighted by atomic mass is 10.1. The Morgan fingerprint density at radius 3 is 3.05 bits per heavy atom. The Hall–Kier alpha value is -2.69. The van der Waals surface area contributed by atoms with Gasteiger partial charge in [0, 0.05) is 29.1 Å². The molecule has 1 aliphatic rings. The van der Waals surface area contributed by atoms with Crippen LogP contribution in [0.3, 0.4) is 0 Å². The molecular formula is C17H16N2O3. The van der Waals surface area contributed by atoms with Crippen molar-refractivity contribution in [2.75, 3.05) is 7.11 Å². The van der Waals surface area contributed by atoms with Crippen molar-refractivity contribution in [1.29, 1.82) is 0 Å². The van der Waals surface area contributed by atoms with Crippen molar-refractivity contribution in [3.8, 4) is 5.75 Å². The Balaban J connectivity index is 1.57. The highest BCUT2D eigenvalue weighted by molar-refractivity contribution is 5.92. The Morgan fingerprint density at radius 2 is 2.27 bits per heavy atom. The fourth-order valence-electron chi connectivity index (χ4n) is 3.15. The number of aromatic amines is 1. The predicted octanol–water partition coefficient (Wildman–Crippen LogP) is 2.67. The van der Waals surface area contributed by atoms with Gasteiger partial charge in [0.2, 0.25) is 0 Å². The van der Waals surface area contributed by atoms with Gasteiger partial charge in [-0.3, -0.25) is 4.79 Å². The van der Waals surface area contributed by atoms with Crippen molar-refractivity contribution in [2.24, 2.45) is 0 Å². The maximum atomic E-state index is 12.1. The fourth-order valence-corrected chi connectivity index (χ4v) is 3.15. The quantitative estimate of drug-likeness (QED) is 0.781. The zero-order valence-corrected chi connectivity index (χ0v) is 12.2. The summed E-state index contributed by atoms with van der Waals surface area (Å²) in [5.41, 5.74) is 3.56. The molecule has 0 aliphatic heterocycles. The van der Waals surface area contributed by atoms with E-state index in [2.05, 4.69) is 10.3 Å². The molecule has 0 saturated carbocycles. The molecule has 112 valence electrons. The first kappa shape index (κ1) is 13.0. The van der Waals surface area contributed by atoms with Gasteiger partial charge in [-0.2, -0.15) is 0 Å². The number of hydrogen-bond donors (Lipinski definition) is 2. The van der Waals surface area contributed by atoms with Crippen LogP contribution in [-0.2, 0) is 12.8 Å². The van der Waals surface area contributed by atoms with E-state index >= 15 is 0 Å². The van der Waals surface area contributed by atoms with Crippen LogP contribution in [-0.4, -0.2) is 24.0 Å². The minimum Gasteiger partial charge on any atom is -0.497 e. The van der Waals surface area contributed by atoms with Gasteiger partial charge < -0.3 is 19.5 Å². The zero-order valence-electron chi connectivity index (χ0n) is 12.2. The summed E-state index contributed by atoms with van der Waals surface area (Å²) in [4.78, 5) is 15.5. The second-order valence-corrected chi connectivity index (χ2v) is 5.55. The molecule has 5 heteroatoms. The Bertz CT molecular complexity index is 833. The second-order valence-electron chi connectivity index (χ2n) is 5.55. The van der Waals surface area contributed by atoms with E-state index in [1.165, 1.54) is 22.9 Å². The van der Waals surface area contributed by atoms with Crippen LogP contribution in [0.1, 0.15) is 21.8 Å². The van der Waals surface area contributed by atoms with E-state index < -0.39 is 0 Å². The molecule has 2 aromatic heterocycles. The molecule has 22 heavy (non-hydrogen) atoms. The molecule has 1 aliphatic carbocycles. The molecule has 1 unspecified atom stereocenters. The molecule has 1 aromatic carbocycles. The van der Waals surface area contributed by atoms with Crippen molar-refractivity contribution >= 4 is 16.8 Å². The normalized spacial score (nSPS) is 16.7. The third kappa shape index (κ3) is 2.06. The Kier molecular flexibility index (Phi) is 2.92. The number of aromatic nitrogens is 1. The molecule has 2 heterocycles. The molecular weight excluding hydrogens is 280 g/mol. The van der Waals surface area contributed by atoms with Crippen molar-refractivity contribution in [3.63, 3.8) is 0 Å². The summed E-state index contributed by atoms with van der Waals surface area (Å²) in [6.07, 6.45) is 3.12. The number of ether oxygens (including phenoxy) is 1. The lowest BCUT2D eigenvalue weighted by molar-refractivity contribution is 0.0910. The van der Waals surface area contributed by atoms with E-state index in [1.54, 1.807) is 19.2 Å². The minimum absolute atomic E-state index is 0.0921. The molecule has 0 saturated heterocycles. The van der Waals surface area contributed by atoms with E-state index in [1.807, 2.05) is 18.2 Å². The largest absolute Gasteiger partial charge is 0.497 e. The molecule has 2 N–H and O–H groups in total. The zero-order chi connectivity index (χ0) is 15.1. The predicted molar refractivity (Wildman–Crippen MR) is 82.2 cm³/mol. The second kappa shape index (κ2) is 4.94. The number of H-pyrrole nitrogens is 1. The summed E-state index contributed by atoms with van der Waals surface area (Å²) in [6.45, 7) is 0. The first-order valence-corrected chi connectivity index (χ1v) is 7.26. The number of furan rings is 1. The van der Waals surface area contributed by atoms with Gasteiger partial charge in [0.1, 0.15) is 5.75 Å². The molecule has 5 nitrogen and oxygen atoms in total. The highest BCUT2D eigenvalue weighted by Gasteiger charge is 2.27. The van der Waals surface area contributed by atoms with E-state index in [0.29, 0.717) is 5.76 Å². The molecule has 3 aromatic rings. The first-order chi connectivity index (χ1) is 10.7. The van der Waals surface area contributed by atoms with Gasteiger partial charge >= 0.3 is 0 Å². The molecule has 0 fully saturated rings. The molecule has 1 atom stereocenters. The van der Waals surface area contributed by atoms with Gasteiger partial charge in [-0.15, -0.1) is 0 Å². The summed E-state index contributed by atoms with van der Waals surface area (Å²) in [5.74, 6) is 1.03. The number of nitrogens with one attached hydrogen (secondary N) is 2. The summed E-state index contributed by atoms with van der Waals surface area (Å²) < 4.78 is 10.4. The van der Waals surface area contributed by atoms with Crippen molar-refractivity contribution in [2.45, 2.75) is 18.9 Å². The fraction of sp³-hybridized carbons (Fsp3) is 0.235. The van der Waals surface area contributed by atoms with Crippen LogP contribution in [0.4, 0.5) is 0 Å². The summed E-state index contributed by atoms with van der Waals surface area (Å²) in [6, 6.07) is 9.50. The topological polar surface area (TPSA) is 67.3 Å². The smallest absolute Gasteiger partial charge is 0.287 e. The van der Waals surface area contributed by atoms with Gasteiger partial charge in [0.05, 0.1) is 13.4 Å². The highest BCUT2D eigenvalue weighted by Crippen LogP contribution is 2.32. The lowest BCUT2D eigenvalue weighted by Gasteiger charge is -2.11. The Morgan fingerprint density at radius 1 is 1.36 bits per heavy atom. The SMILES string of the molecule is COc1ccc2[nH]c3c(c2c1)CC(NC(=O)c1ccco1)C3. The van der Waals surface area contributed by atoms with Crippen LogP contribution in [0.25, 0.3) is 10.9 Å². The van der Waals surface area contributed by atoms with Gasteiger partial charge in [-0.1, -0.05) is 0 Å². The number of hydrogen-bond acceptors (Lipinski definition) is 3. The maximum absolute atomic E-state index is 12.1.